The van der Waals surface area contributed by atoms with Crippen LogP contribution in [0, 0.1) is 13.8 Å². The molecule has 0 fully saturated rings. The van der Waals surface area contributed by atoms with E-state index in [1.807, 2.05) is 50.3 Å². The van der Waals surface area contributed by atoms with Crippen molar-refractivity contribution in [2.45, 2.75) is 41.5 Å². The van der Waals surface area contributed by atoms with Gasteiger partial charge in [0.15, 0.2) is 0 Å². The summed E-state index contributed by atoms with van der Waals surface area (Å²) in [4.78, 5) is 0. The van der Waals surface area contributed by atoms with Gasteiger partial charge in [-0.25, -0.2) is 0 Å². The average molecular weight is 326 g/mol. The summed E-state index contributed by atoms with van der Waals surface area (Å²) in [5.74, 6) is 1.81. The standard InChI is InChI=1S/C22H30O2/c1-17(2)11-7-9-13-23-21-15-20(6)22(16-19(21)5)24-14-10-8-12-18(3)4/h7-12,15-16H,13-14H2,1-6H3/b9-7+,10-8+. The molecule has 0 saturated carbocycles. The highest BCUT2D eigenvalue weighted by Gasteiger charge is 2.06. The number of ether oxygens (including phenoxy) is 2. The maximum absolute atomic E-state index is 5.83. The molecule has 0 radical (unpaired) electrons. The first kappa shape index (κ1) is 19.8. The molecule has 2 nitrogen and oxygen atoms in total. The molecule has 0 amide bonds. The smallest absolute Gasteiger partial charge is 0.123 e. The molecule has 0 N–H and O–H groups in total. The van der Waals surface area contributed by atoms with E-state index in [0.29, 0.717) is 13.2 Å². The maximum Gasteiger partial charge on any atom is 0.123 e. The maximum atomic E-state index is 5.83. The van der Waals surface area contributed by atoms with E-state index in [1.54, 1.807) is 0 Å². The van der Waals surface area contributed by atoms with Crippen molar-refractivity contribution in [2.75, 3.05) is 13.2 Å². The van der Waals surface area contributed by atoms with Crippen LogP contribution in [0.25, 0.3) is 0 Å². The van der Waals surface area contributed by atoms with Crippen LogP contribution in [0.5, 0.6) is 11.5 Å². The van der Waals surface area contributed by atoms with E-state index >= 15 is 0 Å². The van der Waals surface area contributed by atoms with Crippen molar-refractivity contribution in [3.05, 3.63) is 70.9 Å². The molecule has 0 aromatic heterocycles. The van der Waals surface area contributed by atoms with Crippen molar-refractivity contribution in [2.24, 2.45) is 0 Å². The molecular weight excluding hydrogens is 296 g/mol. The highest BCUT2D eigenvalue weighted by Crippen LogP contribution is 2.28. The number of aryl methyl sites for hydroxylation is 2. The molecule has 0 aliphatic heterocycles. The molecule has 0 bridgehead atoms. The first-order valence-electron chi connectivity index (χ1n) is 8.37. The second kappa shape index (κ2) is 10.5. The third-order valence-electron chi connectivity index (χ3n) is 3.27. The minimum Gasteiger partial charge on any atom is -0.489 e. The van der Waals surface area contributed by atoms with Crippen LogP contribution in [-0.4, -0.2) is 13.2 Å². The van der Waals surface area contributed by atoms with E-state index in [-0.39, 0.29) is 0 Å². The summed E-state index contributed by atoms with van der Waals surface area (Å²) in [6.07, 6.45) is 12.2. The van der Waals surface area contributed by atoms with Crippen LogP contribution in [0.4, 0.5) is 0 Å². The fourth-order valence-electron chi connectivity index (χ4n) is 1.98. The van der Waals surface area contributed by atoms with Crippen LogP contribution >= 0.6 is 0 Å². The second-order valence-corrected chi connectivity index (χ2v) is 6.35. The summed E-state index contributed by atoms with van der Waals surface area (Å²) in [6.45, 7) is 13.5. The summed E-state index contributed by atoms with van der Waals surface area (Å²) >= 11 is 0. The lowest BCUT2D eigenvalue weighted by atomic mass is 10.1. The van der Waals surface area contributed by atoms with Gasteiger partial charge in [0, 0.05) is 0 Å². The van der Waals surface area contributed by atoms with Gasteiger partial charge in [-0.1, -0.05) is 35.5 Å². The van der Waals surface area contributed by atoms with Gasteiger partial charge in [0.1, 0.15) is 24.7 Å². The minimum atomic E-state index is 0.565. The fourth-order valence-corrected chi connectivity index (χ4v) is 1.98. The Bertz CT molecular complexity index is 580. The first-order valence-corrected chi connectivity index (χ1v) is 8.37. The summed E-state index contributed by atoms with van der Waals surface area (Å²) in [6, 6.07) is 4.08. The van der Waals surface area contributed by atoms with Gasteiger partial charge in [0.05, 0.1) is 0 Å². The Morgan fingerprint density at radius 1 is 0.750 bits per heavy atom. The molecule has 130 valence electrons. The molecular formula is C22H30O2. The van der Waals surface area contributed by atoms with Gasteiger partial charge in [-0.3, -0.25) is 0 Å². The molecule has 0 saturated heterocycles. The highest BCUT2D eigenvalue weighted by atomic mass is 16.5. The van der Waals surface area contributed by atoms with Crippen molar-refractivity contribution < 1.29 is 9.47 Å². The molecule has 1 aromatic carbocycles. The summed E-state index contributed by atoms with van der Waals surface area (Å²) < 4.78 is 11.7. The van der Waals surface area contributed by atoms with Gasteiger partial charge in [-0.05, 0) is 77.0 Å². The Hall–Kier alpha value is -2.22. The van der Waals surface area contributed by atoms with Crippen LogP contribution in [0.15, 0.2) is 59.7 Å². The molecule has 1 aromatic rings. The predicted octanol–water partition coefficient (Wildman–Crippen LogP) is 6.11. The lowest BCUT2D eigenvalue weighted by Crippen LogP contribution is -2.00. The van der Waals surface area contributed by atoms with Crippen molar-refractivity contribution >= 4 is 0 Å². The zero-order valence-electron chi connectivity index (χ0n) is 15.8. The Morgan fingerprint density at radius 3 is 1.46 bits per heavy atom. The molecule has 2 heteroatoms. The van der Waals surface area contributed by atoms with Gasteiger partial charge in [-0.15, -0.1) is 0 Å². The summed E-state index contributed by atoms with van der Waals surface area (Å²) in [5.41, 5.74) is 4.72. The zero-order valence-corrected chi connectivity index (χ0v) is 15.8. The van der Waals surface area contributed by atoms with E-state index in [1.165, 1.54) is 11.1 Å². The molecule has 24 heavy (non-hydrogen) atoms. The summed E-state index contributed by atoms with van der Waals surface area (Å²) in [7, 11) is 0. The Kier molecular flexibility index (Phi) is 8.70. The number of rotatable bonds is 8. The Balaban J connectivity index is 2.62. The van der Waals surface area contributed by atoms with Crippen LogP contribution in [0.1, 0.15) is 38.8 Å². The summed E-state index contributed by atoms with van der Waals surface area (Å²) in [5, 5.41) is 0. The molecule has 0 aliphatic carbocycles. The number of allylic oxidation sites excluding steroid dienone is 6. The molecule has 0 unspecified atom stereocenters. The number of benzene rings is 1. The van der Waals surface area contributed by atoms with Crippen molar-refractivity contribution in [3.8, 4) is 11.5 Å². The monoisotopic (exact) mass is 326 g/mol. The number of hydrogen-bond donors (Lipinski definition) is 0. The Labute approximate surface area is 147 Å². The van der Waals surface area contributed by atoms with Crippen molar-refractivity contribution in [3.63, 3.8) is 0 Å². The second-order valence-electron chi connectivity index (χ2n) is 6.35. The highest BCUT2D eigenvalue weighted by molar-refractivity contribution is 5.45. The van der Waals surface area contributed by atoms with E-state index in [2.05, 4.69) is 39.8 Å². The molecule has 0 spiro atoms. The van der Waals surface area contributed by atoms with Gasteiger partial charge in [0.2, 0.25) is 0 Å². The van der Waals surface area contributed by atoms with Gasteiger partial charge < -0.3 is 9.47 Å². The Morgan fingerprint density at radius 2 is 1.12 bits per heavy atom. The first-order chi connectivity index (χ1) is 11.4. The van der Waals surface area contributed by atoms with Crippen LogP contribution in [0.3, 0.4) is 0 Å². The van der Waals surface area contributed by atoms with Gasteiger partial charge >= 0.3 is 0 Å². The van der Waals surface area contributed by atoms with E-state index < -0.39 is 0 Å². The predicted molar refractivity (Wildman–Crippen MR) is 104 cm³/mol. The zero-order chi connectivity index (χ0) is 17.9. The van der Waals surface area contributed by atoms with Gasteiger partial charge in [0.25, 0.3) is 0 Å². The molecule has 1 rings (SSSR count). The normalized spacial score (nSPS) is 10.9. The molecule has 0 aliphatic rings. The largest absolute Gasteiger partial charge is 0.489 e. The van der Waals surface area contributed by atoms with E-state index in [9.17, 15) is 0 Å². The quantitative estimate of drug-likeness (QED) is 0.537. The third-order valence-corrected chi connectivity index (χ3v) is 3.27. The lowest BCUT2D eigenvalue weighted by Gasteiger charge is -2.13. The van der Waals surface area contributed by atoms with Crippen molar-refractivity contribution in [1.82, 2.24) is 0 Å². The lowest BCUT2D eigenvalue weighted by molar-refractivity contribution is 0.348. The topological polar surface area (TPSA) is 18.5 Å². The number of hydrogen-bond acceptors (Lipinski definition) is 2. The minimum absolute atomic E-state index is 0.565. The molecule has 0 atom stereocenters. The van der Waals surface area contributed by atoms with E-state index in [0.717, 1.165) is 22.6 Å². The van der Waals surface area contributed by atoms with Crippen LogP contribution < -0.4 is 9.47 Å². The van der Waals surface area contributed by atoms with Gasteiger partial charge in [-0.2, -0.15) is 0 Å². The third kappa shape index (κ3) is 7.87. The van der Waals surface area contributed by atoms with E-state index in [4.69, 9.17) is 9.47 Å². The fraction of sp³-hybridized carbons (Fsp3) is 0.364. The SMILES string of the molecule is CC(C)=C/C=C/COc1cc(C)c(OC/C=C/C=C(C)C)cc1C. The average Bonchev–Trinajstić information content (AvgIpc) is 2.50. The van der Waals surface area contributed by atoms with Crippen LogP contribution in [0.2, 0.25) is 0 Å². The van der Waals surface area contributed by atoms with Crippen LogP contribution in [-0.2, 0) is 0 Å². The van der Waals surface area contributed by atoms with Crippen molar-refractivity contribution in [1.29, 1.82) is 0 Å². The molecule has 0 heterocycles.